The third-order valence-corrected chi connectivity index (χ3v) is 5.83. The molecule has 0 bridgehead atoms. The van der Waals surface area contributed by atoms with Gasteiger partial charge >= 0.3 is 0 Å². The van der Waals surface area contributed by atoms with E-state index in [0.717, 1.165) is 10.7 Å². The molecule has 2 atom stereocenters. The third kappa shape index (κ3) is 2.83. The van der Waals surface area contributed by atoms with E-state index in [4.69, 9.17) is 0 Å². The maximum atomic E-state index is 3.81. The van der Waals surface area contributed by atoms with Crippen LogP contribution in [0.4, 0.5) is 0 Å². The van der Waals surface area contributed by atoms with Crippen molar-refractivity contribution in [2.24, 2.45) is 5.92 Å². The molecule has 0 amide bonds. The summed E-state index contributed by atoms with van der Waals surface area (Å²) in [4.78, 5) is 2.27. The molecule has 1 aliphatic rings. The average Bonchev–Trinajstić information content (AvgIpc) is 2.56. The third-order valence-electron chi connectivity index (χ3n) is 2.90. The molecule has 1 heterocycles. The number of halogens is 2. The van der Waals surface area contributed by atoms with E-state index in [1.165, 1.54) is 41.5 Å². The van der Waals surface area contributed by atoms with Crippen LogP contribution in [0.25, 0.3) is 0 Å². The Bertz CT molecular complexity index is 295. The SMILES string of the molecule is Brc1csc(CC2CCCCC2Br)c1. The number of rotatable bonds is 2. The molecule has 0 radical (unpaired) electrons. The van der Waals surface area contributed by atoms with Crippen molar-refractivity contribution in [3.8, 4) is 0 Å². The molecule has 3 heteroatoms. The van der Waals surface area contributed by atoms with Crippen LogP contribution in [0.3, 0.4) is 0 Å². The summed E-state index contributed by atoms with van der Waals surface area (Å²) in [6.45, 7) is 0. The van der Waals surface area contributed by atoms with Gasteiger partial charge in [0.05, 0.1) is 0 Å². The minimum Gasteiger partial charge on any atom is -0.148 e. The highest BCUT2D eigenvalue weighted by Crippen LogP contribution is 2.34. The molecule has 2 rings (SSSR count). The van der Waals surface area contributed by atoms with Crippen LogP contribution in [0, 0.1) is 5.92 Å². The Morgan fingerprint density at radius 1 is 1.36 bits per heavy atom. The van der Waals surface area contributed by atoms with Crippen molar-refractivity contribution in [2.45, 2.75) is 36.9 Å². The Hall–Kier alpha value is 0.660. The number of hydrogen-bond donors (Lipinski definition) is 0. The van der Waals surface area contributed by atoms with Crippen LogP contribution in [0.15, 0.2) is 15.9 Å². The zero-order valence-corrected chi connectivity index (χ0v) is 12.0. The van der Waals surface area contributed by atoms with Crippen molar-refractivity contribution < 1.29 is 0 Å². The number of hydrogen-bond acceptors (Lipinski definition) is 1. The highest BCUT2D eigenvalue weighted by atomic mass is 79.9. The van der Waals surface area contributed by atoms with Gasteiger partial charge in [-0.3, -0.25) is 0 Å². The van der Waals surface area contributed by atoms with Gasteiger partial charge in [-0.05, 0) is 47.2 Å². The second kappa shape index (κ2) is 5.13. The first kappa shape index (κ1) is 11.2. The monoisotopic (exact) mass is 336 g/mol. The Balaban J connectivity index is 1.95. The van der Waals surface area contributed by atoms with Crippen molar-refractivity contribution in [3.63, 3.8) is 0 Å². The largest absolute Gasteiger partial charge is 0.148 e. The van der Waals surface area contributed by atoms with Crippen LogP contribution in [0.5, 0.6) is 0 Å². The Labute approximate surface area is 106 Å². The number of alkyl halides is 1. The lowest BCUT2D eigenvalue weighted by Crippen LogP contribution is -2.20. The summed E-state index contributed by atoms with van der Waals surface area (Å²) in [6.07, 6.45) is 6.83. The van der Waals surface area contributed by atoms with Gasteiger partial charge in [0.15, 0.2) is 0 Å². The fourth-order valence-corrected chi connectivity index (χ4v) is 4.43. The van der Waals surface area contributed by atoms with E-state index in [-0.39, 0.29) is 0 Å². The molecule has 0 nitrogen and oxygen atoms in total. The summed E-state index contributed by atoms with van der Waals surface area (Å²) in [6, 6.07) is 2.26. The molecular formula is C11H14Br2S. The fraction of sp³-hybridized carbons (Fsp3) is 0.636. The Kier molecular flexibility index (Phi) is 4.09. The highest BCUT2D eigenvalue weighted by molar-refractivity contribution is 9.10. The quantitative estimate of drug-likeness (QED) is 0.665. The second-order valence-corrected chi connectivity index (χ2v) is 7.08. The molecular weight excluding hydrogens is 324 g/mol. The molecule has 1 fully saturated rings. The average molecular weight is 338 g/mol. The van der Waals surface area contributed by atoms with Gasteiger partial charge < -0.3 is 0 Å². The lowest BCUT2D eigenvalue weighted by molar-refractivity contribution is 0.375. The first-order valence-electron chi connectivity index (χ1n) is 5.12. The molecule has 0 N–H and O–H groups in total. The first-order valence-corrected chi connectivity index (χ1v) is 7.71. The van der Waals surface area contributed by atoms with Gasteiger partial charge in [0.2, 0.25) is 0 Å². The van der Waals surface area contributed by atoms with Gasteiger partial charge in [-0.2, -0.15) is 0 Å². The van der Waals surface area contributed by atoms with Gasteiger partial charge in [0.1, 0.15) is 0 Å². The molecule has 0 aromatic carbocycles. The zero-order chi connectivity index (χ0) is 9.97. The van der Waals surface area contributed by atoms with E-state index < -0.39 is 0 Å². The molecule has 14 heavy (non-hydrogen) atoms. The molecule has 1 aromatic heterocycles. The predicted molar refractivity (Wildman–Crippen MR) is 70.4 cm³/mol. The summed E-state index contributed by atoms with van der Waals surface area (Å²) in [7, 11) is 0. The molecule has 1 aromatic rings. The van der Waals surface area contributed by atoms with Crippen molar-refractivity contribution in [3.05, 3.63) is 20.8 Å². The maximum absolute atomic E-state index is 3.81. The van der Waals surface area contributed by atoms with Crippen molar-refractivity contribution in [2.75, 3.05) is 0 Å². The summed E-state index contributed by atoms with van der Waals surface area (Å²) >= 11 is 9.20. The van der Waals surface area contributed by atoms with E-state index in [1.807, 2.05) is 11.3 Å². The van der Waals surface area contributed by atoms with E-state index >= 15 is 0 Å². The van der Waals surface area contributed by atoms with E-state index in [2.05, 4.69) is 43.3 Å². The molecule has 0 aliphatic heterocycles. The maximum Gasteiger partial charge on any atom is 0.0285 e. The first-order chi connectivity index (χ1) is 6.75. The van der Waals surface area contributed by atoms with Crippen LogP contribution in [-0.4, -0.2) is 4.83 Å². The zero-order valence-electron chi connectivity index (χ0n) is 8.01. The van der Waals surface area contributed by atoms with E-state index in [1.54, 1.807) is 0 Å². The normalized spacial score (nSPS) is 27.9. The molecule has 2 unspecified atom stereocenters. The molecule has 1 aliphatic carbocycles. The molecule has 0 spiro atoms. The minimum absolute atomic E-state index is 0.747. The predicted octanol–water partition coefficient (Wildman–Crippen LogP) is 5.01. The van der Waals surface area contributed by atoms with Crippen molar-refractivity contribution >= 4 is 43.2 Å². The van der Waals surface area contributed by atoms with Gasteiger partial charge in [-0.15, -0.1) is 11.3 Å². The second-order valence-electron chi connectivity index (χ2n) is 4.00. The van der Waals surface area contributed by atoms with Crippen molar-refractivity contribution in [1.82, 2.24) is 0 Å². The lowest BCUT2D eigenvalue weighted by Gasteiger charge is -2.26. The van der Waals surface area contributed by atoms with Gasteiger partial charge in [0.25, 0.3) is 0 Å². The molecule has 1 saturated carbocycles. The van der Waals surface area contributed by atoms with E-state index in [0.29, 0.717) is 0 Å². The van der Waals surface area contributed by atoms with Gasteiger partial charge in [-0.25, -0.2) is 0 Å². The van der Waals surface area contributed by atoms with Crippen LogP contribution >= 0.6 is 43.2 Å². The summed E-state index contributed by atoms with van der Waals surface area (Å²) in [5.74, 6) is 0.856. The standard InChI is InChI=1S/C11H14Br2S/c12-9-6-10(14-7-9)5-8-3-1-2-4-11(8)13/h6-8,11H,1-5H2. The van der Waals surface area contributed by atoms with Crippen LogP contribution in [0.2, 0.25) is 0 Å². The van der Waals surface area contributed by atoms with Crippen LogP contribution < -0.4 is 0 Å². The Morgan fingerprint density at radius 2 is 2.14 bits per heavy atom. The molecule has 0 saturated heterocycles. The topological polar surface area (TPSA) is 0 Å². The fourth-order valence-electron chi connectivity index (χ4n) is 2.11. The van der Waals surface area contributed by atoms with Crippen LogP contribution in [-0.2, 0) is 6.42 Å². The van der Waals surface area contributed by atoms with Crippen LogP contribution in [0.1, 0.15) is 30.6 Å². The smallest absolute Gasteiger partial charge is 0.0285 e. The van der Waals surface area contributed by atoms with Crippen molar-refractivity contribution in [1.29, 1.82) is 0 Å². The van der Waals surface area contributed by atoms with Gasteiger partial charge in [0, 0.05) is 19.6 Å². The molecule has 78 valence electrons. The van der Waals surface area contributed by atoms with Gasteiger partial charge in [-0.1, -0.05) is 28.8 Å². The Morgan fingerprint density at radius 3 is 2.79 bits per heavy atom. The lowest BCUT2D eigenvalue weighted by atomic mass is 9.86. The summed E-state index contributed by atoms with van der Waals surface area (Å²) in [5.41, 5.74) is 0. The highest BCUT2D eigenvalue weighted by Gasteiger charge is 2.23. The summed E-state index contributed by atoms with van der Waals surface area (Å²) in [5, 5.41) is 2.18. The minimum atomic E-state index is 0.747. The van der Waals surface area contributed by atoms with E-state index in [9.17, 15) is 0 Å². The summed E-state index contributed by atoms with van der Waals surface area (Å²) < 4.78 is 1.24. The number of thiophene rings is 1.